The van der Waals surface area contributed by atoms with E-state index in [1.807, 2.05) is 29.2 Å². The van der Waals surface area contributed by atoms with Gasteiger partial charge in [-0.2, -0.15) is 0 Å². The lowest BCUT2D eigenvalue weighted by molar-refractivity contribution is -0.140. The summed E-state index contributed by atoms with van der Waals surface area (Å²) in [7, 11) is 1.59. The third-order valence-electron chi connectivity index (χ3n) is 7.88. The first-order valence-electron chi connectivity index (χ1n) is 14.7. The number of piperidine rings is 1. The molecule has 0 spiro atoms. The summed E-state index contributed by atoms with van der Waals surface area (Å²) < 4.78 is 23.4. The molecule has 4 bridgehead atoms. The maximum atomic E-state index is 13.2. The molecule has 5 rings (SSSR count). The highest BCUT2D eigenvalue weighted by atomic mass is 16.5. The van der Waals surface area contributed by atoms with Crippen molar-refractivity contribution in [3.63, 3.8) is 0 Å². The van der Waals surface area contributed by atoms with Gasteiger partial charge in [0.1, 0.15) is 23.9 Å². The van der Waals surface area contributed by atoms with Crippen LogP contribution in [0.5, 0.6) is 17.2 Å². The van der Waals surface area contributed by atoms with Gasteiger partial charge in [0.05, 0.1) is 25.4 Å². The Morgan fingerprint density at radius 1 is 1.00 bits per heavy atom. The van der Waals surface area contributed by atoms with Crippen LogP contribution < -0.4 is 25.4 Å². The van der Waals surface area contributed by atoms with Gasteiger partial charge in [-0.1, -0.05) is 25.0 Å². The molecular weight excluding hydrogens is 540 g/mol. The van der Waals surface area contributed by atoms with Crippen LogP contribution in [0.3, 0.4) is 0 Å². The molecule has 0 radical (unpaired) electrons. The van der Waals surface area contributed by atoms with E-state index in [1.165, 1.54) is 0 Å². The van der Waals surface area contributed by atoms with E-state index < -0.39 is 0 Å². The van der Waals surface area contributed by atoms with Crippen molar-refractivity contribution < 1.29 is 33.3 Å². The number of fused-ring (bicyclic) bond motifs is 5. The molecule has 2 aliphatic heterocycles. The maximum absolute atomic E-state index is 13.2. The van der Waals surface area contributed by atoms with Gasteiger partial charge in [-0.15, -0.1) is 0 Å². The van der Waals surface area contributed by atoms with Crippen LogP contribution in [0, 0.1) is 5.92 Å². The molecule has 1 saturated heterocycles. The van der Waals surface area contributed by atoms with E-state index in [9.17, 15) is 14.4 Å². The van der Waals surface area contributed by atoms with Gasteiger partial charge in [0.2, 0.25) is 5.91 Å². The standard InChI is InChI=1S/C31H40N4O7/c1-39-13-14-40-25-16-23-17-26(18-25)42-24-8-4-5-21(15-24)20-41-28-19-35(30(37)22-6-2-3-7-22)12-9-27(28)34-31(38)33-11-10-32-29(23)36/h4-5,8,15-18,22,27-28H,2-3,6-7,9-14,19-20H2,1H3,(H,32,36)(H2,33,34,38)/t27-,28-/m0/s1. The summed E-state index contributed by atoms with van der Waals surface area (Å²) in [6.07, 6.45) is 4.30. The lowest BCUT2D eigenvalue weighted by Crippen LogP contribution is -2.58. The lowest BCUT2D eigenvalue weighted by atomic mass is 9.98. The molecule has 2 aromatic rings. The van der Waals surface area contributed by atoms with Crippen molar-refractivity contribution in [2.75, 3.05) is 46.5 Å². The van der Waals surface area contributed by atoms with Crippen molar-refractivity contribution in [1.82, 2.24) is 20.9 Å². The zero-order valence-corrected chi connectivity index (χ0v) is 24.1. The average Bonchev–Trinajstić information content (AvgIpc) is 3.53. The summed E-state index contributed by atoms with van der Waals surface area (Å²) in [4.78, 5) is 40.8. The Hall–Kier alpha value is -3.83. The van der Waals surface area contributed by atoms with Crippen LogP contribution in [0.15, 0.2) is 42.5 Å². The predicted octanol–water partition coefficient (Wildman–Crippen LogP) is 3.22. The van der Waals surface area contributed by atoms with E-state index in [2.05, 4.69) is 16.0 Å². The zero-order chi connectivity index (χ0) is 29.3. The molecule has 3 aliphatic rings. The normalized spacial score (nSPS) is 22.0. The number of carbonyl (C=O) groups excluding carboxylic acids is 3. The minimum absolute atomic E-state index is 0.0884. The fourth-order valence-corrected chi connectivity index (χ4v) is 5.68. The molecule has 0 unspecified atom stereocenters. The predicted molar refractivity (Wildman–Crippen MR) is 155 cm³/mol. The highest BCUT2D eigenvalue weighted by Gasteiger charge is 2.36. The van der Waals surface area contributed by atoms with Crippen LogP contribution in [-0.2, 0) is 20.9 Å². The summed E-state index contributed by atoms with van der Waals surface area (Å²) in [5.74, 6) is 1.46. The molecule has 11 nitrogen and oxygen atoms in total. The van der Waals surface area contributed by atoms with Crippen molar-refractivity contribution >= 4 is 17.8 Å². The molecule has 2 atom stereocenters. The smallest absolute Gasteiger partial charge is 0.315 e. The summed E-state index contributed by atoms with van der Waals surface area (Å²) in [6, 6.07) is 11.9. The summed E-state index contributed by atoms with van der Waals surface area (Å²) in [5.41, 5.74) is 1.24. The summed E-state index contributed by atoms with van der Waals surface area (Å²) in [5, 5.41) is 8.67. The van der Waals surface area contributed by atoms with Crippen molar-refractivity contribution in [2.24, 2.45) is 5.92 Å². The third kappa shape index (κ3) is 7.92. The Kier molecular flexibility index (Phi) is 10.1. The minimum atomic E-state index is -0.374. The van der Waals surface area contributed by atoms with E-state index in [0.29, 0.717) is 55.5 Å². The second kappa shape index (κ2) is 14.4. The molecule has 2 aromatic carbocycles. The van der Waals surface area contributed by atoms with Crippen molar-refractivity contribution in [2.45, 2.75) is 50.9 Å². The molecule has 1 saturated carbocycles. The largest absolute Gasteiger partial charge is 0.491 e. The molecule has 1 aliphatic carbocycles. The Morgan fingerprint density at radius 3 is 2.67 bits per heavy atom. The molecule has 0 aromatic heterocycles. The fraction of sp³-hybridized carbons (Fsp3) is 0.516. The van der Waals surface area contributed by atoms with Gasteiger partial charge in [-0.3, -0.25) is 9.59 Å². The van der Waals surface area contributed by atoms with Crippen LogP contribution in [0.1, 0.15) is 48.0 Å². The van der Waals surface area contributed by atoms with Crippen LogP contribution in [0.2, 0.25) is 0 Å². The van der Waals surface area contributed by atoms with E-state index in [-0.39, 0.29) is 55.6 Å². The third-order valence-corrected chi connectivity index (χ3v) is 7.88. The van der Waals surface area contributed by atoms with Gasteiger partial charge in [0.25, 0.3) is 5.91 Å². The Morgan fingerprint density at radius 2 is 1.83 bits per heavy atom. The number of nitrogens with zero attached hydrogens (tertiary/aromatic N) is 1. The van der Waals surface area contributed by atoms with Crippen molar-refractivity contribution in [3.8, 4) is 17.2 Å². The number of hydrogen-bond donors (Lipinski definition) is 3. The first-order valence-corrected chi connectivity index (χ1v) is 14.7. The highest BCUT2D eigenvalue weighted by molar-refractivity contribution is 5.95. The second-order valence-electron chi connectivity index (χ2n) is 11.0. The fourth-order valence-electron chi connectivity index (χ4n) is 5.68. The van der Waals surface area contributed by atoms with Gasteiger partial charge in [0.15, 0.2) is 0 Å². The number of hydrogen-bond acceptors (Lipinski definition) is 7. The summed E-state index contributed by atoms with van der Waals surface area (Å²) in [6.45, 7) is 2.46. The van der Waals surface area contributed by atoms with Gasteiger partial charge >= 0.3 is 6.03 Å². The number of benzene rings is 2. The topological polar surface area (TPSA) is 127 Å². The molecule has 42 heavy (non-hydrogen) atoms. The molecule has 4 amide bonds. The van der Waals surface area contributed by atoms with E-state index in [0.717, 1.165) is 31.2 Å². The summed E-state index contributed by atoms with van der Waals surface area (Å²) >= 11 is 0. The van der Waals surface area contributed by atoms with Crippen molar-refractivity contribution in [1.29, 1.82) is 0 Å². The maximum Gasteiger partial charge on any atom is 0.315 e. The number of rotatable bonds is 5. The van der Waals surface area contributed by atoms with E-state index in [1.54, 1.807) is 25.3 Å². The number of nitrogens with one attached hydrogen (secondary N) is 3. The Labute approximate surface area is 246 Å². The van der Waals surface area contributed by atoms with Crippen LogP contribution in [0.25, 0.3) is 0 Å². The number of methoxy groups -OCH3 is 1. The molecule has 2 heterocycles. The first kappa shape index (κ1) is 29.7. The number of likely N-dealkylation sites (tertiary alicyclic amines) is 1. The first-order chi connectivity index (χ1) is 20.5. The molecular formula is C31H40N4O7. The number of urea groups is 1. The lowest BCUT2D eigenvalue weighted by Gasteiger charge is -2.39. The van der Waals surface area contributed by atoms with Crippen LogP contribution >= 0.6 is 0 Å². The van der Waals surface area contributed by atoms with Crippen molar-refractivity contribution in [3.05, 3.63) is 53.6 Å². The SMILES string of the molecule is COCCOc1cc2cc(c1)C(=O)NCCNC(=O)N[C@H]1CCN(C(=O)C3CCCC3)C[C@@H]1OCc1cccc(c1)O2. The van der Waals surface area contributed by atoms with Crippen LogP contribution in [-0.4, -0.2) is 81.4 Å². The molecule has 11 heteroatoms. The van der Waals surface area contributed by atoms with E-state index in [4.69, 9.17) is 18.9 Å². The highest BCUT2D eigenvalue weighted by Crippen LogP contribution is 2.30. The molecule has 3 N–H and O–H groups in total. The van der Waals surface area contributed by atoms with Gasteiger partial charge < -0.3 is 39.8 Å². The number of ether oxygens (including phenoxy) is 4. The monoisotopic (exact) mass is 580 g/mol. The average molecular weight is 581 g/mol. The quantitative estimate of drug-likeness (QED) is 0.464. The second-order valence-corrected chi connectivity index (χ2v) is 11.0. The van der Waals surface area contributed by atoms with Gasteiger partial charge in [-0.05, 0) is 49.1 Å². The minimum Gasteiger partial charge on any atom is -0.491 e. The Bertz CT molecular complexity index is 1250. The van der Waals surface area contributed by atoms with Gasteiger partial charge in [0, 0.05) is 50.8 Å². The molecule has 226 valence electrons. The van der Waals surface area contributed by atoms with E-state index >= 15 is 0 Å². The van der Waals surface area contributed by atoms with Crippen LogP contribution in [0.4, 0.5) is 4.79 Å². The molecule has 2 fully saturated rings. The number of carbonyl (C=O) groups is 3. The number of amides is 4. The Balaban J connectivity index is 1.35. The zero-order valence-electron chi connectivity index (χ0n) is 24.1. The van der Waals surface area contributed by atoms with Gasteiger partial charge in [-0.25, -0.2) is 4.79 Å².